The van der Waals surface area contributed by atoms with Gasteiger partial charge in [0.25, 0.3) is 5.91 Å². The molecule has 5 heteroatoms. The van der Waals surface area contributed by atoms with Crippen molar-refractivity contribution < 1.29 is 4.79 Å². The van der Waals surface area contributed by atoms with Crippen LogP contribution in [0, 0.1) is 6.92 Å². The molecule has 0 radical (unpaired) electrons. The van der Waals surface area contributed by atoms with Crippen molar-refractivity contribution in [3.05, 3.63) is 33.7 Å². The zero-order valence-electron chi connectivity index (χ0n) is 10.5. The number of amides is 1. The summed E-state index contributed by atoms with van der Waals surface area (Å²) in [6.07, 6.45) is 6.80. The second-order valence-corrected chi connectivity index (χ2v) is 4.98. The van der Waals surface area contributed by atoms with E-state index in [-0.39, 0.29) is 29.0 Å². The number of aromatic nitrogens is 1. The van der Waals surface area contributed by atoms with Gasteiger partial charge in [-0.15, -0.1) is 0 Å². The van der Waals surface area contributed by atoms with Crippen LogP contribution < -0.4 is 16.5 Å². The maximum atomic E-state index is 12.0. The van der Waals surface area contributed by atoms with E-state index in [0.29, 0.717) is 5.56 Å². The lowest BCUT2D eigenvalue weighted by molar-refractivity contribution is 0.0924. The standard InChI is InChI=1S/C13H19N3O2/c1-8-6-15-7-11(12(8)17)13(18)16-10-4-2-3-9(14)5-10/h6-7,9-10H,2-5,14H2,1H3,(H,15,17)(H,16,18). The van der Waals surface area contributed by atoms with E-state index in [4.69, 9.17) is 5.73 Å². The van der Waals surface area contributed by atoms with Crippen molar-refractivity contribution in [1.82, 2.24) is 10.3 Å². The number of aryl methyl sites for hydroxylation is 1. The van der Waals surface area contributed by atoms with Crippen molar-refractivity contribution in [3.63, 3.8) is 0 Å². The van der Waals surface area contributed by atoms with Gasteiger partial charge in [0.2, 0.25) is 0 Å². The van der Waals surface area contributed by atoms with Crippen molar-refractivity contribution in [2.24, 2.45) is 5.73 Å². The van der Waals surface area contributed by atoms with Crippen LogP contribution in [0.1, 0.15) is 41.6 Å². The van der Waals surface area contributed by atoms with Gasteiger partial charge in [0.1, 0.15) is 5.56 Å². The molecule has 1 fully saturated rings. The number of H-pyrrole nitrogens is 1. The SMILES string of the molecule is Cc1c[nH]cc(C(=O)NC2CCCC(N)C2)c1=O. The van der Waals surface area contributed by atoms with E-state index in [1.54, 1.807) is 13.1 Å². The second-order valence-electron chi connectivity index (χ2n) is 4.98. The molecule has 1 aromatic rings. The lowest BCUT2D eigenvalue weighted by Gasteiger charge is -2.27. The number of rotatable bonds is 2. The second kappa shape index (κ2) is 5.35. The predicted octanol–water partition coefficient (Wildman–Crippen LogP) is 0.683. The van der Waals surface area contributed by atoms with Gasteiger partial charge in [0.05, 0.1) is 0 Å². The summed E-state index contributed by atoms with van der Waals surface area (Å²) in [6.45, 7) is 1.69. The molecule has 0 saturated heterocycles. The van der Waals surface area contributed by atoms with Gasteiger partial charge >= 0.3 is 0 Å². The van der Waals surface area contributed by atoms with Crippen LogP contribution in [0.4, 0.5) is 0 Å². The van der Waals surface area contributed by atoms with Crippen LogP contribution >= 0.6 is 0 Å². The first-order chi connectivity index (χ1) is 8.58. The van der Waals surface area contributed by atoms with Gasteiger partial charge in [0.15, 0.2) is 5.43 Å². The molecule has 1 saturated carbocycles. The molecule has 5 nitrogen and oxygen atoms in total. The van der Waals surface area contributed by atoms with Crippen LogP contribution in [0.5, 0.6) is 0 Å². The highest BCUT2D eigenvalue weighted by Gasteiger charge is 2.22. The summed E-state index contributed by atoms with van der Waals surface area (Å²) in [5, 5.41) is 2.89. The van der Waals surface area contributed by atoms with Crippen LogP contribution in [0.25, 0.3) is 0 Å². The fourth-order valence-corrected chi connectivity index (χ4v) is 2.38. The molecule has 4 N–H and O–H groups in total. The highest BCUT2D eigenvalue weighted by Crippen LogP contribution is 2.17. The van der Waals surface area contributed by atoms with Crippen LogP contribution in [-0.4, -0.2) is 23.0 Å². The van der Waals surface area contributed by atoms with E-state index in [9.17, 15) is 9.59 Å². The first-order valence-corrected chi connectivity index (χ1v) is 6.32. The summed E-state index contributed by atoms with van der Waals surface area (Å²) >= 11 is 0. The van der Waals surface area contributed by atoms with Crippen molar-refractivity contribution in [2.45, 2.75) is 44.7 Å². The Balaban J connectivity index is 2.08. The average molecular weight is 249 g/mol. The van der Waals surface area contributed by atoms with Crippen molar-refractivity contribution >= 4 is 5.91 Å². The molecule has 1 amide bonds. The van der Waals surface area contributed by atoms with E-state index in [0.717, 1.165) is 25.7 Å². The predicted molar refractivity (Wildman–Crippen MR) is 69.5 cm³/mol. The molecule has 2 atom stereocenters. The van der Waals surface area contributed by atoms with E-state index >= 15 is 0 Å². The number of carbonyl (C=O) groups excluding carboxylic acids is 1. The quantitative estimate of drug-likeness (QED) is 0.720. The maximum absolute atomic E-state index is 12.0. The van der Waals surface area contributed by atoms with Gasteiger partial charge in [-0.25, -0.2) is 0 Å². The van der Waals surface area contributed by atoms with Crippen LogP contribution in [0.3, 0.4) is 0 Å². The largest absolute Gasteiger partial charge is 0.366 e. The zero-order chi connectivity index (χ0) is 13.1. The lowest BCUT2D eigenvalue weighted by atomic mass is 9.91. The number of pyridine rings is 1. The summed E-state index contributed by atoms with van der Waals surface area (Å²) in [7, 11) is 0. The van der Waals surface area contributed by atoms with Gasteiger partial charge in [0, 0.05) is 30.0 Å². The number of hydrogen-bond acceptors (Lipinski definition) is 3. The Kier molecular flexibility index (Phi) is 3.81. The summed E-state index contributed by atoms with van der Waals surface area (Å²) < 4.78 is 0. The topological polar surface area (TPSA) is 88.0 Å². The number of hydrogen-bond donors (Lipinski definition) is 3. The number of carbonyl (C=O) groups is 1. The first kappa shape index (κ1) is 12.8. The smallest absolute Gasteiger partial charge is 0.256 e. The molecule has 18 heavy (non-hydrogen) atoms. The highest BCUT2D eigenvalue weighted by molar-refractivity contribution is 5.94. The van der Waals surface area contributed by atoms with Crippen molar-refractivity contribution in [2.75, 3.05) is 0 Å². The number of aromatic amines is 1. The molecule has 1 aromatic heterocycles. The molecule has 2 rings (SSSR count). The molecule has 0 spiro atoms. The Morgan fingerprint density at radius 3 is 2.94 bits per heavy atom. The van der Waals surface area contributed by atoms with Gasteiger partial charge in [-0.2, -0.15) is 0 Å². The van der Waals surface area contributed by atoms with Crippen LogP contribution in [0.15, 0.2) is 17.2 Å². The highest BCUT2D eigenvalue weighted by atomic mass is 16.2. The Bertz CT molecular complexity index is 495. The summed E-state index contributed by atoms with van der Waals surface area (Å²) in [5.41, 5.74) is 6.38. The Labute approximate surface area is 106 Å². The zero-order valence-corrected chi connectivity index (χ0v) is 10.5. The van der Waals surface area contributed by atoms with Gasteiger partial charge in [-0.3, -0.25) is 9.59 Å². The molecular formula is C13H19N3O2. The molecular weight excluding hydrogens is 230 g/mol. The van der Waals surface area contributed by atoms with E-state index < -0.39 is 0 Å². The van der Waals surface area contributed by atoms with Crippen molar-refractivity contribution in [1.29, 1.82) is 0 Å². The normalized spacial score (nSPS) is 23.7. The molecule has 0 bridgehead atoms. The third-order valence-electron chi connectivity index (χ3n) is 3.42. The summed E-state index contributed by atoms with van der Waals surface area (Å²) in [4.78, 5) is 26.6. The monoisotopic (exact) mass is 249 g/mol. The van der Waals surface area contributed by atoms with Gasteiger partial charge in [-0.1, -0.05) is 0 Å². The van der Waals surface area contributed by atoms with Crippen LogP contribution in [0.2, 0.25) is 0 Å². The Morgan fingerprint density at radius 1 is 1.44 bits per heavy atom. The molecule has 1 aliphatic carbocycles. The average Bonchev–Trinajstić information content (AvgIpc) is 2.32. The third-order valence-corrected chi connectivity index (χ3v) is 3.42. The molecule has 1 aliphatic rings. The van der Waals surface area contributed by atoms with E-state index in [1.807, 2.05) is 0 Å². The molecule has 1 heterocycles. The van der Waals surface area contributed by atoms with Crippen LogP contribution in [-0.2, 0) is 0 Å². The minimum atomic E-state index is -0.306. The van der Waals surface area contributed by atoms with Crippen molar-refractivity contribution in [3.8, 4) is 0 Å². The minimum absolute atomic E-state index is 0.0844. The van der Waals surface area contributed by atoms with E-state index in [2.05, 4.69) is 10.3 Å². The van der Waals surface area contributed by atoms with Gasteiger partial charge in [-0.05, 0) is 32.6 Å². The third kappa shape index (κ3) is 2.79. The number of nitrogens with two attached hydrogens (primary N) is 1. The minimum Gasteiger partial charge on any atom is -0.366 e. The molecule has 0 aromatic carbocycles. The fourth-order valence-electron chi connectivity index (χ4n) is 2.38. The van der Waals surface area contributed by atoms with E-state index in [1.165, 1.54) is 6.20 Å². The van der Waals surface area contributed by atoms with Gasteiger partial charge < -0.3 is 16.0 Å². The number of nitrogens with one attached hydrogen (secondary N) is 2. The summed E-state index contributed by atoms with van der Waals surface area (Å²) in [6, 6.07) is 0.237. The maximum Gasteiger partial charge on any atom is 0.256 e. The molecule has 98 valence electrons. The summed E-state index contributed by atoms with van der Waals surface area (Å²) in [5.74, 6) is -0.306. The Morgan fingerprint density at radius 2 is 2.22 bits per heavy atom. The fraction of sp³-hybridized carbons (Fsp3) is 0.538. The first-order valence-electron chi connectivity index (χ1n) is 6.32. The molecule has 2 unspecified atom stereocenters. The molecule has 0 aliphatic heterocycles. The lowest BCUT2D eigenvalue weighted by Crippen LogP contribution is -2.43. The Hall–Kier alpha value is -1.62.